The van der Waals surface area contributed by atoms with Crippen LogP contribution in [0.15, 0.2) is 12.3 Å². The van der Waals surface area contributed by atoms with E-state index in [0.717, 1.165) is 12.7 Å². The van der Waals surface area contributed by atoms with Crippen LogP contribution in [0.1, 0.15) is 23.2 Å². The molecule has 0 spiro atoms. The highest BCUT2D eigenvalue weighted by molar-refractivity contribution is 7.88. The summed E-state index contributed by atoms with van der Waals surface area (Å²) in [6.45, 7) is 0.867. The van der Waals surface area contributed by atoms with Gasteiger partial charge in [-0.15, -0.1) is 0 Å². The van der Waals surface area contributed by atoms with Crippen molar-refractivity contribution in [2.24, 2.45) is 0 Å². The highest BCUT2D eigenvalue weighted by atomic mass is 35.5. The number of nitrogens with two attached hydrogens (primary N) is 1. The van der Waals surface area contributed by atoms with Gasteiger partial charge in [-0.3, -0.25) is 4.79 Å². The van der Waals surface area contributed by atoms with Crippen LogP contribution in [0.4, 0.5) is 5.69 Å². The monoisotopic (exact) mass is 332 g/mol. The number of hydrogen-bond acceptors (Lipinski definition) is 5. The van der Waals surface area contributed by atoms with Crippen molar-refractivity contribution >= 4 is 33.2 Å². The second kappa shape index (κ2) is 6.17. The first-order chi connectivity index (χ1) is 9.76. The molecule has 0 aromatic carbocycles. The van der Waals surface area contributed by atoms with E-state index in [1.54, 1.807) is 4.90 Å². The summed E-state index contributed by atoms with van der Waals surface area (Å²) in [4.78, 5) is 17.9. The van der Waals surface area contributed by atoms with E-state index in [-0.39, 0.29) is 28.4 Å². The number of hydrogen-bond donors (Lipinski definition) is 2. The molecule has 1 fully saturated rings. The second-order valence-corrected chi connectivity index (χ2v) is 7.24. The Labute approximate surface area is 128 Å². The van der Waals surface area contributed by atoms with Crippen molar-refractivity contribution in [1.29, 1.82) is 0 Å². The first-order valence-electron chi connectivity index (χ1n) is 6.44. The van der Waals surface area contributed by atoms with Crippen molar-refractivity contribution in [3.05, 3.63) is 23.0 Å². The highest BCUT2D eigenvalue weighted by Gasteiger charge is 2.27. The third-order valence-electron chi connectivity index (χ3n) is 3.22. The summed E-state index contributed by atoms with van der Waals surface area (Å²) in [6.07, 6.45) is 3.86. The average molecular weight is 333 g/mol. The standard InChI is InChI=1S/C12H17ClN4O3S/c1-21(19,20)16-8-3-2-4-17(7-8)12(18)9-5-11(13)15-6-10(9)14/h5-6,8,16H,2-4,7,14H2,1H3. The summed E-state index contributed by atoms with van der Waals surface area (Å²) in [7, 11) is -3.30. The lowest BCUT2D eigenvalue weighted by Gasteiger charge is -2.33. The van der Waals surface area contributed by atoms with Gasteiger partial charge in [0.2, 0.25) is 10.0 Å². The van der Waals surface area contributed by atoms with Crippen LogP contribution in [-0.2, 0) is 10.0 Å². The van der Waals surface area contributed by atoms with Crippen LogP contribution in [0, 0.1) is 0 Å². The predicted molar refractivity (Wildman–Crippen MR) is 80.6 cm³/mol. The predicted octanol–water partition coefficient (Wildman–Crippen LogP) is 0.471. The zero-order chi connectivity index (χ0) is 15.6. The molecule has 1 saturated heterocycles. The zero-order valence-corrected chi connectivity index (χ0v) is 13.1. The van der Waals surface area contributed by atoms with Crippen LogP contribution in [-0.4, -0.2) is 49.6 Å². The number of carbonyl (C=O) groups excluding carboxylic acids is 1. The number of nitrogens with zero attached hydrogens (tertiary/aromatic N) is 2. The fourth-order valence-corrected chi connectivity index (χ4v) is 3.31. The van der Waals surface area contributed by atoms with Gasteiger partial charge in [-0.1, -0.05) is 11.6 Å². The van der Waals surface area contributed by atoms with Crippen molar-refractivity contribution < 1.29 is 13.2 Å². The fraction of sp³-hybridized carbons (Fsp3) is 0.500. The lowest BCUT2D eigenvalue weighted by Crippen LogP contribution is -2.49. The number of sulfonamides is 1. The van der Waals surface area contributed by atoms with E-state index in [1.165, 1.54) is 12.3 Å². The van der Waals surface area contributed by atoms with Gasteiger partial charge in [0.1, 0.15) is 5.15 Å². The Morgan fingerprint density at radius 3 is 2.95 bits per heavy atom. The molecule has 0 bridgehead atoms. The molecule has 2 heterocycles. The number of rotatable bonds is 3. The van der Waals surface area contributed by atoms with Crippen LogP contribution >= 0.6 is 11.6 Å². The molecular weight excluding hydrogens is 316 g/mol. The topological polar surface area (TPSA) is 105 Å². The molecule has 1 aliphatic heterocycles. The lowest BCUT2D eigenvalue weighted by molar-refractivity contribution is 0.0704. The van der Waals surface area contributed by atoms with Crippen LogP contribution in [0.25, 0.3) is 0 Å². The molecule has 0 aliphatic carbocycles. The first kappa shape index (κ1) is 16.0. The summed E-state index contributed by atoms with van der Waals surface area (Å²) in [5.41, 5.74) is 6.29. The summed E-state index contributed by atoms with van der Waals surface area (Å²) in [6, 6.07) is 1.14. The summed E-state index contributed by atoms with van der Waals surface area (Å²) in [5, 5.41) is 0.190. The van der Waals surface area contributed by atoms with E-state index >= 15 is 0 Å². The molecule has 1 atom stereocenters. The average Bonchev–Trinajstić information content (AvgIpc) is 2.39. The van der Waals surface area contributed by atoms with E-state index in [1.807, 2.05) is 0 Å². The SMILES string of the molecule is CS(=O)(=O)NC1CCCN(C(=O)c2cc(Cl)ncc2N)C1. The third kappa shape index (κ3) is 4.29. The maximum atomic E-state index is 12.5. The Kier molecular flexibility index (Phi) is 4.70. The summed E-state index contributed by atoms with van der Waals surface area (Å²) in [5.74, 6) is -0.267. The molecule has 1 aromatic heterocycles. The van der Waals surface area contributed by atoms with E-state index in [0.29, 0.717) is 19.5 Å². The van der Waals surface area contributed by atoms with Crippen LogP contribution in [0.3, 0.4) is 0 Å². The zero-order valence-electron chi connectivity index (χ0n) is 11.5. The molecule has 0 saturated carbocycles. The molecule has 7 nitrogen and oxygen atoms in total. The van der Waals surface area contributed by atoms with Crippen LogP contribution < -0.4 is 10.5 Å². The summed E-state index contributed by atoms with van der Waals surface area (Å²) >= 11 is 5.79. The van der Waals surface area contributed by atoms with Gasteiger partial charge in [-0.05, 0) is 18.9 Å². The molecular formula is C12H17ClN4O3S. The Morgan fingerprint density at radius 2 is 2.29 bits per heavy atom. The van der Waals surface area contributed by atoms with Gasteiger partial charge in [-0.2, -0.15) is 0 Å². The number of pyridine rings is 1. The van der Waals surface area contributed by atoms with Gasteiger partial charge in [0, 0.05) is 19.1 Å². The molecule has 1 aliphatic rings. The molecule has 1 aromatic rings. The van der Waals surface area contributed by atoms with Gasteiger partial charge < -0.3 is 10.6 Å². The molecule has 116 valence electrons. The van der Waals surface area contributed by atoms with E-state index < -0.39 is 10.0 Å². The minimum atomic E-state index is -3.30. The van der Waals surface area contributed by atoms with Gasteiger partial charge in [-0.25, -0.2) is 18.1 Å². The minimum Gasteiger partial charge on any atom is -0.397 e. The number of nitrogens with one attached hydrogen (secondary N) is 1. The van der Waals surface area contributed by atoms with Gasteiger partial charge in [0.15, 0.2) is 0 Å². The van der Waals surface area contributed by atoms with Crippen molar-refractivity contribution in [3.63, 3.8) is 0 Å². The molecule has 1 amide bonds. The Morgan fingerprint density at radius 1 is 1.57 bits per heavy atom. The molecule has 21 heavy (non-hydrogen) atoms. The van der Waals surface area contributed by atoms with Crippen molar-refractivity contribution in [3.8, 4) is 0 Å². The molecule has 3 N–H and O–H groups in total. The van der Waals surface area contributed by atoms with Crippen molar-refractivity contribution in [1.82, 2.24) is 14.6 Å². The molecule has 1 unspecified atom stereocenters. The smallest absolute Gasteiger partial charge is 0.256 e. The van der Waals surface area contributed by atoms with Gasteiger partial charge >= 0.3 is 0 Å². The number of anilines is 1. The highest BCUT2D eigenvalue weighted by Crippen LogP contribution is 2.20. The first-order valence-corrected chi connectivity index (χ1v) is 8.71. The Balaban J connectivity index is 2.14. The van der Waals surface area contributed by atoms with Crippen molar-refractivity contribution in [2.75, 3.05) is 25.1 Å². The normalized spacial score (nSPS) is 19.5. The number of aromatic nitrogens is 1. The van der Waals surface area contributed by atoms with E-state index in [4.69, 9.17) is 17.3 Å². The molecule has 9 heteroatoms. The Hall–Kier alpha value is -1.38. The molecule has 0 radical (unpaired) electrons. The van der Waals surface area contributed by atoms with E-state index in [9.17, 15) is 13.2 Å². The largest absolute Gasteiger partial charge is 0.397 e. The van der Waals surface area contributed by atoms with Crippen LogP contribution in [0.5, 0.6) is 0 Å². The molecule has 2 rings (SSSR count). The quantitative estimate of drug-likeness (QED) is 0.783. The maximum Gasteiger partial charge on any atom is 0.256 e. The Bertz CT molecular complexity index is 650. The summed E-state index contributed by atoms with van der Waals surface area (Å²) < 4.78 is 25.1. The number of carbonyl (C=O) groups is 1. The number of halogens is 1. The third-order valence-corrected chi connectivity index (χ3v) is 4.19. The number of piperidine rings is 1. The van der Waals surface area contributed by atoms with Crippen LogP contribution in [0.2, 0.25) is 5.15 Å². The van der Waals surface area contributed by atoms with Gasteiger partial charge in [0.25, 0.3) is 5.91 Å². The van der Waals surface area contributed by atoms with Crippen molar-refractivity contribution in [2.45, 2.75) is 18.9 Å². The maximum absolute atomic E-state index is 12.5. The fourth-order valence-electron chi connectivity index (χ4n) is 2.36. The number of amides is 1. The number of nitrogen functional groups attached to an aromatic ring is 1. The second-order valence-electron chi connectivity index (χ2n) is 5.07. The van der Waals surface area contributed by atoms with E-state index in [2.05, 4.69) is 9.71 Å². The minimum absolute atomic E-state index is 0.190. The lowest BCUT2D eigenvalue weighted by atomic mass is 10.1. The van der Waals surface area contributed by atoms with Gasteiger partial charge in [0.05, 0.1) is 23.7 Å². The number of likely N-dealkylation sites (tertiary alicyclic amines) is 1.